The summed E-state index contributed by atoms with van der Waals surface area (Å²) >= 11 is 0. The van der Waals surface area contributed by atoms with Crippen LogP contribution in [-0.4, -0.2) is 45.4 Å². The predicted molar refractivity (Wildman–Crippen MR) is 52.5 cm³/mol. The molecule has 0 saturated heterocycles. The summed E-state index contributed by atoms with van der Waals surface area (Å²) in [7, 11) is -3.13. The van der Waals surface area contributed by atoms with E-state index in [4.69, 9.17) is 5.11 Å². The van der Waals surface area contributed by atoms with Gasteiger partial charge in [0.1, 0.15) is 0 Å². The Morgan fingerprint density at radius 3 is 2.57 bits per heavy atom. The molecule has 7 heteroatoms. The van der Waals surface area contributed by atoms with E-state index in [1.54, 1.807) is 0 Å². The Morgan fingerprint density at radius 2 is 2.07 bits per heavy atom. The van der Waals surface area contributed by atoms with Crippen LogP contribution in [0.4, 0.5) is 0 Å². The molecule has 0 aromatic heterocycles. The molecule has 0 aliphatic rings. The average molecular weight is 222 g/mol. The minimum absolute atomic E-state index is 0.291. The summed E-state index contributed by atoms with van der Waals surface area (Å²) in [5, 5.41) is 11.1. The second-order valence-electron chi connectivity index (χ2n) is 2.61. The molecule has 0 fully saturated rings. The molecule has 0 aliphatic carbocycles. The topological polar surface area (TPSA) is 95.5 Å². The first kappa shape index (κ1) is 13.1. The zero-order chi connectivity index (χ0) is 11.0. The van der Waals surface area contributed by atoms with Crippen molar-refractivity contribution in [1.29, 1.82) is 0 Å². The van der Waals surface area contributed by atoms with Crippen molar-refractivity contribution in [2.45, 2.75) is 0 Å². The van der Waals surface area contributed by atoms with Gasteiger partial charge in [0.25, 0.3) is 0 Å². The molecule has 0 amide bonds. The number of aliphatic carboxylic acids is 1. The molecule has 0 spiro atoms. The Kier molecular flexibility index (Phi) is 6.09. The molecule has 0 radical (unpaired) electrons. The second kappa shape index (κ2) is 6.52. The van der Waals surface area contributed by atoms with Crippen molar-refractivity contribution >= 4 is 16.0 Å². The maximum absolute atomic E-state index is 10.6. The first-order chi connectivity index (χ1) is 6.42. The number of nitrogens with one attached hydrogen (secondary N) is 2. The van der Waals surface area contributed by atoms with Gasteiger partial charge in [-0.3, -0.25) is 0 Å². The first-order valence-corrected chi connectivity index (χ1v) is 5.86. The maximum atomic E-state index is 10.6. The predicted octanol–water partition coefficient (Wildman–Crippen LogP) is -1.23. The highest BCUT2D eigenvalue weighted by molar-refractivity contribution is 7.88. The van der Waals surface area contributed by atoms with Gasteiger partial charge in [-0.1, -0.05) is 6.08 Å². The van der Waals surface area contributed by atoms with Gasteiger partial charge in [-0.25, -0.2) is 17.9 Å². The number of hydrogen-bond donors (Lipinski definition) is 3. The lowest BCUT2D eigenvalue weighted by Crippen LogP contribution is -2.31. The number of sulfonamides is 1. The largest absolute Gasteiger partial charge is 0.478 e. The van der Waals surface area contributed by atoms with E-state index in [9.17, 15) is 13.2 Å². The van der Waals surface area contributed by atoms with E-state index >= 15 is 0 Å². The van der Waals surface area contributed by atoms with Gasteiger partial charge in [0, 0.05) is 25.7 Å². The van der Waals surface area contributed by atoms with E-state index in [1.807, 2.05) is 0 Å². The first-order valence-electron chi connectivity index (χ1n) is 3.96. The van der Waals surface area contributed by atoms with Crippen molar-refractivity contribution in [3.05, 3.63) is 12.2 Å². The van der Waals surface area contributed by atoms with Crippen molar-refractivity contribution in [2.24, 2.45) is 0 Å². The van der Waals surface area contributed by atoms with Crippen molar-refractivity contribution < 1.29 is 18.3 Å². The summed E-state index contributed by atoms with van der Waals surface area (Å²) in [5.74, 6) is -0.999. The van der Waals surface area contributed by atoms with Gasteiger partial charge < -0.3 is 10.4 Å². The third kappa shape index (κ3) is 11.1. The molecule has 0 heterocycles. The van der Waals surface area contributed by atoms with Crippen molar-refractivity contribution in [2.75, 3.05) is 25.9 Å². The Hall–Kier alpha value is -0.920. The van der Waals surface area contributed by atoms with Crippen LogP contribution >= 0.6 is 0 Å². The lowest BCUT2D eigenvalue weighted by molar-refractivity contribution is -0.131. The van der Waals surface area contributed by atoms with Crippen molar-refractivity contribution in [1.82, 2.24) is 10.0 Å². The van der Waals surface area contributed by atoms with Gasteiger partial charge in [0.2, 0.25) is 10.0 Å². The van der Waals surface area contributed by atoms with Crippen LogP contribution in [0, 0.1) is 0 Å². The zero-order valence-corrected chi connectivity index (χ0v) is 8.67. The zero-order valence-electron chi connectivity index (χ0n) is 7.86. The van der Waals surface area contributed by atoms with Crippen LogP contribution in [0.2, 0.25) is 0 Å². The summed E-state index contributed by atoms with van der Waals surface area (Å²) in [6.45, 7) is 1.15. The number of carboxylic acid groups (broad SMARTS) is 1. The maximum Gasteiger partial charge on any atom is 0.328 e. The van der Waals surface area contributed by atoms with Gasteiger partial charge in [0.05, 0.1) is 6.26 Å². The molecule has 0 aliphatic heterocycles. The number of hydrogen-bond acceptors (Lipinski definition) is 4. The minimum atomic E-state index is -3.13. The molecule has 0 aromatic rings. The van der Waals surface area contributed by atoms with Crippen molar-refractivity contribution in [3.63, 3.8) is 0 Å². The standard InChI is InChI=1S/C7H14N2O4S/c1-14(12,13)9-6-5-8-4-2-3-7(10)11/h2-3,8-9H,4-6H2,1H3,(H,10,11)/b3-2+. The molecule has 3 N–H and O–H groups in total. The van der Waals surface area contributed by atoms with Crippen LogP contribution in [0.3, 0.4) is 0 Å². The smallest absolute Gasteiger partial charge is 0.328 e. The van der Waals surface area contributed by atoms with Gasteiger partial charge >= 0.3 is 5.97 Å². The third-order valence-corrected chi connectivity index (χ3v) is 1.92. The van der Waals surface area contributed by atoms with E-state index < -0.39 is 16.0 Å². The minimum Gasteiger partial charge on any atom is -0.478 e. The summed E-state index contributed by atoms with van der Waals surface area (Å²) in [4.78, 5) is 10.0. The average Bonchev–Trinajstić information content (AvgIpc) is 2.00. The van der Waals surface area contributed by atoms with E-state index in [-0.39, 0.29) is 0 Å². The normalized spacial score (nSPS) is 12.1. The molecule has 0 aromatic carbocycles. The molecule has 0 bridgehead atoms. The molecule has 6 nitrogen and oxygen atoms in total. The summed E-state index contributed by atoms with van der Waals surface area (Å²) in [5.41, 5.74) is 0. The Balaban J connectivity index is 3.35. The van der Waals surface area contributed by atoms with E-state index in [1.165, 1.54) is 6.08 Å². The van der Waals surface area contributed by atoms with Crippen molar-refractivity contribution in [3.8, 4) is 0 Å². The molecule has 0 unspecified atom stereocenters. The molecule has 0 atom stereocenters. The van der Waals surface area contributed by atoms with Crippen LogP contribution in [0.15, 0.2) is 12.2 Å². The summed E-state index contributed by atoms with van der Waals surface area (Å²) in [6.07, 6.45) is 3.55. The fraction of sp³-hybridized carbons (Fsp3) is 0.571. The Morgan fingerprint density at radius 1 is 1.43 bits per heavy atom. The van der Waals surface area contributed by atoms with Crippen LogP contribution in [0.5, 0.6) is 0 Å². The summed E-state index contributed by atoms with van der Waals surface area (Å²) < 4.78 is 23.4. The lowest BCUT2D eigenvalue weighted by atomic mass is 10.5. The second-order valence-corrected chi connectivity index (χ2v) is 4.44. The third-order valence-electron chi connectivity index (χ3n) is 1.19. The molecular weight excluding hydrogens is 208 g/mol. The molecule has 14 heavy (non-hydrogen) atoms. The van der Waals surface area contributed by atoms with E-state index in [0.29, 0.717) is 19.6 Å². The number of rotatable bonds is 7. The Bertz CT molecular complexity index is 297. The fourth-order valence-electron chi connectivity index (χ4n) is 0.670. The van der Waals surface area contributed by atoms with Crippen LogP contribution in [0.25, 0.3) is 0 Å². The van der Waals surface area contributed by atoms with Crippen LogP contribution in [-0.2, 0) is 14.8 Å². The quantitative estimate of drug-likeness (QED) is 0.370. The molecule has 0 rings (SSSR count). The van der Waals surface area contributed by atoms with E-state index in [0.717, 1.165) is 12.3 Å². The van der Waals surface area contributed by atoms with Crippen LogP contribution < -0.4 is 10.0 Å². The van der Waals surface area contributed by atoms with Gasteiger partial charge in [-0.2, -0.15) is 0 Å². The monoisotopic (exact) mass is 222 g/mol. The Labute approximate surface area is 83.1 Å². The summed E-state index contributed by atoms with van der Waals surface area (Å²) in [6, 6.07) is 0. The highest BCUT2D eigenvalue weighted by Crippen LogP contribution is 1.73. The molecular formula is C7H14N2O4S. The fourth-order valence-corrected chi connectivity index (χ4v) is 1.14. The van der Waals surface area contributed by atoms with Gasteiger partial charge in [0.15, 0.2) is 0 Å². The molecule has 82 valence electrons. The SMILES string of the molecule is CS(=O)(=O)NCCNC/C=C/C(=O)O. The number of carbonyl (C=O) groups is 1. The van der Waals surface area contributed by atoms with Crippen LogP contribution in [0.1, 0.15) is 0 Å². The van der Waals surface area contributed by atoms with Gasteiger partial charge in [-0.05, 0) is 0 Å². The highest BCUT2D eigenvalue weighted by atomic mass is 32.2. The lowest BCUT2D eigenvalue weighted by Gasteiger charge is -2.01. The van der Waals surface area contributed by atoms with E-state index in [2.05, 4.69) is 10.0 Å². The van der Waals surface area contributed by atoms with Gasteiger partial charge in [-0.15, -0.1) is 0 Å². The number of carboxylic acids is 1. The molecule has 0 saturated carbocycles. The highest BCUT2D eigenvalue weighted by Gasteiger charge is 1.97.